The zero-order chi connectivity index (χ0) is 2.71. The van der Waals surface area contributed by atoms with E-state index in [1.165, 1.54) is 0 Å². The van der Waals surface area contributed by atoms with Gasteiger partial charge in [0, 0.05) is 8.41 Å². The summed E-state index contributed by atoms with van der Waals surface area (Å²) in [4.78, 5) is 4.59. The number of rotatable bonds is 0. The first-order chi connectivity index (χ1) is 1.41. The second-order valence-electron chi connectivity index (χ2n) is 0.500. The third kappa shape index (κ3) is 13.3. The van der Waals surface area contributed by atoms with Crippen molar-refractivity contribution >= 4 is 29.6 Å². The van der Waals surface area contributed by atoms with Gasteiger partial charge in [-0.25, -0.2) is 0 Å². The third-order valence-electron chi connectivity index (χ3n) is 0. The first-order valence-corrected chi connectivity index (χ1v) is 6.71. The fourth-order valence-electron chi connectivity index (χ4n) is 0. The van der Waals surface area contributed by atoms with Crippen LogP contribution in [0.4, 0.5) is 0 Å². The Hall–Kier alpha value is 0.864. The summed E-state index contributed by atoms with van der Waals surface area (Å²) >= 11 is 0.230. The maximum atomic E-state index is 2.30. The van der Waals surface area contributed by atoms with Crippen LogP contribution in [0.1, 0.15) is 0 Å². The zero-order valence-corrected chi connectivity index (χ0v) is 5.93. The maximum absolute atomic E-state index is 2.30. The van der Waals surface area contributed by atoms with Gasteiger partial charge in [-0.15, -0.1) is 0 Å². The van der Waals surface area contributed by atoms with Crippen molar-refractivity contribution in [3.05, 3.63) is 0 Å². The molecule has 0 saturated heterocycles. The van der Waals surface area contributed by atoms with Crippen molar-refractivity contribution in [1.82, 2.24) is 0 Å². The normalized spacial score (nSPS) is 4.50. The fourth-order valence-corrected chi connectivity index (χ4v) is 0. The van der Waals surface area contributed by atoms with Crippen LogP contribution in [0.15, 0.2) is 0 Å². The predicted octanol–water partition coefficient (Wildman–Crippen LogP) is 0.406. The molecule has 0 N–H and O–H groups in total. The van der Waals surface area contributed by atoms with Gasteiger partial charge in [0.05, 0.1) is 0 Å². The van der Waals surface area contributed by atoms with Gasteiger partial charge in [0.25, 0.3) is 0 Å². The molecule has 0 nitrogen and oxygen atoms in total. The van der Waals surface area contributed by atoms with Gasteiger partial charge < -0.3 is 0 Å². The van der Waals surface area contributed by atoms with E-state index in [-0.39, 0.29) is 29.6 Å². The van der Waals surface area contributed by atoms with E-state index in [0.717, 1.165) is 0 Å². The first-order valence-electron chi connectivity index (χ1n) is 1.00. The molecule has 0 amide bonds. The molecule has 0 aliphatic heterocycles. The summed E-state index contributed by atoms with van der Waals surface area (Å²) in [5, 5.41) is 0. The molecule has 0 heterocycles. The SMILES string of the molecule is [B].[CH3][Sn][CH3]. The van der Waals surface area contributed by atoms with Crippen LogP contribution in [0.5, 0.6) is 0 Å². The van der Waals surface area contributed by atoms with Gasteiger partial charge in [-0.3, -0.25) is 0 Å². The molecule has 0 saturated carbocycles. The Kier molecular flexibility index (Phi) is 20.2. The molecule has 0 aliphatic carbocycles. The molecular formula is C2H6BSn. The van der Waals surface area contributed by atoms with Crippen LogP contribution in [0.3, 0.4) is 0 Å². The Morgan fingerprint density at radius 3 is 1.25 bits per heavy atom. The molecule has 4 heavy (non-hydrogen) atoms. The monoisotopic (exact) mass is 161 g/mol. The van der Waals surface area contributed by atoms with Crippen LogP contribution < -0.4 is 0 Å². The van der Waals surface area contributed by atoms with Gasteiger partial charge in [-0.2, -0.15) is 0 Å². The van der Waals surface area contributed by atoms with E-state index in [0.29, 0.717) is 0 Å². The zero-order valence-electron chi connectivity index (χ0n) is 3.08. The third-order valence-corrected chi connectivity index (χ3v) is 0. The Balaban J connectivity index is 0. The summed E-state index contributed by atoms with van der Waals surface area (Å²) in [5.41, 5.74) is 0. The van der Waals surface area contributed by atoms with Crippen molar-refractivity contribution in [2.24, 2.45) is 0 Å². The van der Waals surface area contributed by atoms with Gasteiger partial charge in [0.2, 0.25) is 0 Å². The van der Waals surface area contributed by atoms with E-state index < -0.39 is 0 Å². The van der Waals surface area contributed by atoms with Crippen LogP contribution in [0.25, 0.3) is 0 Å². The van der Waals surface area contributed by atoms with Crippen molar-refractivity contribution in [3.8, 4) is 0 Å². The number of hydrogen-bond acceptors (Lipinski definition) is 0. The molecule has 0 aromatic heterocycles. The average Bonchev–Trinajstić information content (AvgIpc) is 0.918. The van der Waals surface area contributed by atoms with E-state index in [9.17, 15) is 0 Å². The topological polar surface area (TPSA) is 0 Å². The van der Waals surface area contributed by atoms with Gasteiger partial charge in [0.1, 0.15) is 0 Å². The summed E-state index contributed by atoms with van der Waals surface area (Å²) in [6.07, 6.45) is 0. The van der Waals surface area contributed by atoms with E-state index in [2.05, 4.69) is 9.88 Å². The standard InChI is InChI=1S/2CH3.B.Sn/h2*1H3;;. The van der Waals surface area contributed by atoms with Gasteiger partial charge in [-0.1, -0.05) is 0 Å². The van der Waals surface area contributed by atoms with E-state index >= 15 is 0 Å². The Morgan fingerprint density at radius 1 is 1.25 bits per heavy atom. The molecule has 0 aromatic rings. The van der Waals surface area contributed by atoms with E-state index in [4.69, 9.17) is 0 Å². The first kappa shape index (κ1) is 8.85. The van der Waals surface area contributed by atoms with Crippen molar-refractivity contribution in [2.45, 2.75) is 9.88 Å². The van der Waals surface area contributed by atoms with Gasteiger partial charge in [-0.05, 0) is 0 Å². The van der Waals surface area contributed by atoms with Crippen molar-refractivity contribution in [2.75, 3.05) is 0 Å². The van der Waals surface area contributed by atoms with Crippen LogP contribution >= 0.6 is 0 Å². The minimum atomic E-state index is 0. The quantitative estimate of drug-likeness (QED) is 0.449. The van der Waals surface area contributed by atoms with Crippen molar-refractivity contribution in [1.29, 1.82) is 0 Å². The molecule has 2 heteroatoms. The molecule has 5 radical (unpaired) electrons. The van der Waals surface area contributed by atoms with Crippen molar-refractivity contribution < 1.29 is 0 Å². The number of hydrogen-bond donors (Lipinski definition) is 0. The Labute approximate surface area is 39.8 Å². The van der Waals surface area contributed by atoms with Crippen molar-refractivity contribution in [3.63, 3.8) is 0 Å². The van der Waals surface area contributed by atoms with Gasteiger partial charge in [0.15, 0.2) is 0 Å². The molecule has 0 aromatic carbocycles. The second kappa shape index (κ2) is 9.12. The molecule has 21 valence electrons. The molecular weight excluding hydrogens is 154 g/mol. The van der Waals surface area contributed by atoms with Crippen LogP contribution in [0.2, 0.25) is 9.88 Å². The molecule has 0 aliphatic rings. The summed E-state index contributed by atoms with van der Waals surface area (Å²) in [7, 11) is 0. The Bertz CT molecular complexity index is 6.00. The molecule has 0 spiro atoms. The molecule has 0 fully saturated rings. The summed E-state index contributed by atoms with van der Waals surface area (Å²) in [5.74, 6) is 0. The summed E-state index contributed by atoms with van der Waals surface area (Å²) in [6, 6.07) is 0. The van der Waals surface area contributed by atoms with Crippen LogP contribution in [-0.4, -0.2) is 29.6 Å². The predicted molar refractivity (Wildman–Crippen MR) is 23.2 cm³/mol. The second-order valence-corrected chi connectivity index (χ2v) is 3.35. The summed E-state index contributed by atoms with van der Waals surface area (Å²) < 4.78 is 0. The van der Waals surface area contributed by atoms with Gasteiger partial charge >= 0.3 is 31.0 Å². The van der Waals surface area contributed by atoms with Crippen LogP contribution in [-0.2, 0) is 0 Å². The van der Waals surface area contributed by atoms with E-state index in [1.54, 1.807) is 0 Å². The molecule has 0 bridgehead atoms. The molecule has 0 rings (SSSR count). The molecule has 0 atom stereocenters. The van der Waals surface area contributed by atoms with E-state index in [1.807, 2.05) is 0 Å². The molecule has 0 unspecified atom stereocenters. The minimum absolute atomic E-state index is 0. The average molecular weight is 160 g/mol. The fraction of sp³-hybridized carbons (Fsp3) is 1.00. The summed E-state index contributed by atoms with van der Waals surface area (Å²) in [6.45, 7) is 0. The van der Waals surface area contributed by atoms with Crippen LogP contribution in [0, 0.1) is 0 Å². The Morgan fingerprint density at radius 2 is 1.25 bits per heavy atom.